The van der Waals surface area contributed by atoms with E-state index in [1.54, 1.807) is 28.9 Å². The van der Waals surface area contributed by atoms with Crippen LogP contribution in [0.5, 0.6) is 0 Å². The molecule has 0 bridgehead atoms. The molecule has 0 saturated heterocycles. The zero-order valence-corrected chi connectivity index (χ0v) is 11.1. The van der Waals surface area contributed by atoms with Crippen LogP contribution in [0.2, 0.25) is 0 Å². The fourth-order valence-electron chi connectivity index (χ4n) is 2.05. The number of aromatic nitrogens is 2. The van der Waals surface area contributed by atoms with Gasteiger partial charge in [-0.2, -0.15) is 5.10 Å². The smallest absolute Gasteiger partial charge is 0.271 e. The molecule has 1 aliphatic rings. The van der Waals surface area contributed by atoms with Gasteiger partial charge in [-0.3, -0.25) is 9.48 Å². The Hall–Kier alpha value is -0.840. The van der Waals surface area contributed by atoms with Crippen molar-refractivity contribution in [3.63, 3.8) is 0 Å². The molecule has 0 atom stereocenters. The van der Waals surface area contributed by atoms with Crippen molar-refractivity contribution in [2.45, 2.75) is 17.7 Å². The summed E-state index contributed by atoms with van der Waals surface area (Å²) >= 11 is 3.56. The number of amides is 1. The van der Waals surface area contributed by atoms with Crippen LogP contribution in [0.25, 0.3) is 0 Å². The zero-order valence-electron chi connectivity index (χ0n) is 9.56. The van der Waals surface area contributed by atoms with Crippen LogP contribution in [0.1, 0.15) is 23.3 Å². The number of nitrogens with zero attached hydrogens (tertiary/aromatic N) is 3. The van der Waals surface area contributed by atoms with Crippen LogP contribution in [-0.4, -0.2) is 39.0 Å². The number of halogens is 1. The van der Waals surface area contributed by atoms with Crippen molar-refractivity contribution in [1.82, 2.24) is 14.7 Å². The Morgan fingerprint density at radius 1 is 1.69 bits per heavy atom. The van der Waals surface area contributed by atoms with E-state index in [9.17, 15) is 4.79 Å². The van der Waals surface area contributed by atoms with Crippen LogP contribution in [0.15, 0.2) is 12.3 Å². The number of carbonyl (C=O) groups is 1. The maximum Gasteiger partial charge on any atom is 0.271 e. The second-order valence-electron chi connectivity index (χ2n) is 4.46. The Kier molecular flexibility index (Phi) is 3.33. The molecule has 5 heteroatoms. The second-order valence-corrected chi connectivity index (χ2v) is 5.76. The van der Waals surface area contributed by atoms with Crippen LogP contribution in [0.4, 0.5) is 0 Å². The minimum absolute atomic E-state index is 0.0537. The summed E-state index contributed by atoms with van der Waals surface area (Å²) < 4.78 is 1.62. The number of carbonyl (C=O) groups excluding carboxylic acids is 1. The van der Waals surface area contributed by atoms with E-state index in [0.29, 0.717) is 16.4 Å². The Balaban J connectivity index is 1.92. The first-order valence-corrected chi connectivity index (χ1v) is 6.37. The number of aryl methyl sites for hydroxylation is 1. The van der Waals surface area contributed by atoms with E-state index in [2.05, 4.69) is 21.0 Å². The first kappa shape index (κ1) is 11.6. The zero-order chi connectivity index (χ0) is 11.7. The predicted octanol–water partition coefficient (Wildman–Crippen LogP) is 1.67. The number of rotatable bonds is 3. The van der Waals surface area contributed by atoms with Gasteiger partial charge in [0.05, 0.1) is 0 Å². The highest BCUT2D eigenvalue weighted by Crippen LogP contribution is 2.33. The van der Waals surface area contributed by atoms with E-state index < -0.39 is 0 Å². The van der Waals surface area contributed by atoms with Gasteiger partial charge >= 0.3 is 0 Å². The SMILES string of the molecule is CN(CC1CC(Br)C1)C(=O)c1ccnn1C. The topological polar surface area (TPSA) is 38.1 Å². The third kappa shape index (κ3) is 2.29. The van der Waals surface area contributed by atoms with E-state index >= 15 is 0 Å². The van der Waals surface area contributed by atoms with Crippen molar-refractivity contribution in [2.75, 3.05) is 13.6 Å². The van der Waals surface area contributed by atoms with Crippen LogP contribution in [0, 0.1) is 5.92 Å². The minimum atomic E-state index is 0.0537. The lowest BCUT2D eigenvalue weighted by Gasteiger charge is -2.34. The van der Waals surface area contributed by atoms with E-state index in [1.807, 2.05) is 7.05 Å². The van der Waals surface area contributed by atoms with Crippen LogP contribution >= 0.6 is 15.9 Å². The quantitative estimate of drug-likeness (QED) is 0.793. The van der Waals surface area contributed by atoms with Gasteiger partial charge in [0.1, 0.15) is 5.69 Å². The van der Waals surface area contributed by atoms with Gasteiger partial charge < -0.3 is 4.90 Å². The van der Waals surface area contributed by atoms with Crippen LogP contribution < -0.4 is 0 Å². The molecule has 0 radical (unpaired) electrons. The first-order valence-electron chi connectivity index (χ1n) is 5.45. The lowest BCUT2D eigenvalue weighted by molar-refractivity contribution is 0.0738. The highest BCUT2D eigenvalue weighted by molar-refractivity contribution is 9.09. The van der Waals surface area contributed by atoms with Crippen molar-refractivity contribution in [3.05, 3.63) is 18.0 Å². The van der Waals surface area contributed by atoms with Crippen molar-refractivity contribution in [3.8, 4) is 0 Å². The molecule has 1 aromatic rings. The fraction of sp³-hybridized carbons (Fsp3) is 0.636. The van der Waals surface area contributed by atoms with Crippen LogP contribution in [0.3, 0.4) is 0 Å². The van der Waals surface area contributed by atoms with Gasteiger partial charge in [-0.05, 0) is 24.8 Å². The maximum absolute atomic E-state index is 12.0. The first-order chi connectivity index (χ1) is 7.58. The Labute approximate surface area is 104 Å². The lowest BCUT2D eigenvalue weighted by atomic mass is 9.85. The van der Waals surface area contributed by atoms with Crippen molar-refractivity contribution < 1.29 is 4.79 Å². The highest BCUT2D eigenvalue weighted by Gasteiger charge is 2.29. The summed E-state index contributed by atoms with van der Waals surface area (Å²) in [5, 5.41) is 4.01. The molecule has 1 aromatic heterocycles. The Morgan fingerprint density at radius 3 is 2.88 bits per heavy atom. The minimum Gasteiger partial charge on any atom is -0.340 e. The average Bonchev–Trinajstić information content (AvgIpc) is 2.61. The molecule has 1 heterocycles. The van der Waals surface area contributed by atoms with E-state index in [0.717, 1.165) is 6.54 Å². The fourth-order valence-corrected chi connectivity index (χ4v) is 3.11. The molecule has 4 nitrogen and oxygen atoms in total. The van der Waals surface area contributed by atoms with Crippen molar-refractivity contribution >= 4 is 21.8 Å². The van der Waals surface area contributed by atoms with Gasteiger partial charge in [0, 0.05) is 31.7 Å². The summed E-state index contributed by atoms with van der Waals surface area (Å²) in [6.45, 7) is 0.839. The normalized spacial score (nSPS) is 23.9. The van der Waals surface area contributed by atoms with E-state index in [-0.39, 0.29) is 5.91 Å². The van der Waals surface area contributed by atoms with Gasteiger partial charge in [0.15, 0.2) is 0 Å². The molecule has 0 unspecified atom stereocenters. The standard InChI is InChI=1S/C11H16BrN3O/c1-14(7-8-5-9(12)6-8)11(16)10-3-4-13-15(10)2/h3-4,8-9H,5-7H2,1-2H3. The molecule has 1 aliphatic carbocycles. The number of hydrogen-bond donors (Lipinski definition) is 0. The van der Waals surface area contributed by atoms with Crippen LogP contribution in [-0.2, 0) is 7.05 Å². The molecule has 1 saturated carbocycles. The molecule has 1 amide bonds. The summed E-state index contributed by atoms with van der Waals surface area (Å²) in [7, 11) is 3.65. The molecule has 2 rings (SSSR count). The van der Waals surface area contributed by atoms with Gasteiger partial charge in [0.25, 0.3) is 5.91 Å². The lowest BCUT2D eigenvalue weighted by Crippen LogP contribution is -2.38. The van der Waals surface area contributed by atoms with Gasteiger partial charge in [0.2, 0.25) is 0 Å². The molecule has 0 aromatic carbocycles. The van der Waals surface area contributed by atoms with Gasteiger partial charge in [-0.15, -0.1) is 0 Å². The molecular formula is C11H16BrN3O. The molecule has 0 N–H and O–H groups in total. The van der Waals surface area contributed by atoms with Crippen molar-refractivity contribution in [2.24, 2.45) is 13.0 Å². The molecular weight excluding hydrogens is 270 g/mol. The van der Waals surface area contributed by atoms with E-state index in [1.165, 1.54) is 12.8 Å². The molecule has 16 heavy (non-hydrogen) atoms. The largest absolute Gasteiger partial charge is 0.340 e. The monoisotopic (exact) mass is 285 g/mol. The average molecular weight is 286 g/mol. The van der Waals surface area contributed by atoms with Gasteiger partial charge in [-0.1, -0.05) is 15.9 Å². The highest BCUT2D eigenvalue weighted by atomic mass is 79.9. The second kappa shape index (κ2) is 4.57. The van der Waals surface area contributed by atoms with Crippen molar-refractivity contribution in [1.29, 1.82) is 0 Å². The summed E-state index contributed by atoms with van der Waals surface area (Å²) in [6.07, 6.45) is 3.99. The molecule has 88 valence electrons. The Bertz CT molecular complexity index is 384. The van der Waals surface area contributed by atoms with Gasteiger partial charge in [-0.25, -0.2) is 0 Å². The summed E-state index contributed by atoms with van der Waals surface area (Å²) in [4.78, 5) is 14.5. The molecule has 0 spiro atoms. The maximum atomic E-state index is 12.0. The summed E-state index contributed by atoms with van der Waals surface area (Å²) in [6, 6.07) is 1.76. The number of alkyl halides is 1. The predicted molar refractivity (Wildman–Crippen MR) is 65.6 cm³/mol. The third-order valence-corrected chi connectivity index (χ3v) is 3.84. The summed E-state index contributed by atoms with van der Waals surface area (Å²) in [5.74, 6) is 0.699. The Morgan fingerprint density at radius 2 is 2.38 bits per heavy atom. The third-order valence-electron chi connectivity index (χ3n) is 3.10. The summed E-state index contributed by atoms with van der Waals surface area (Å²) in [5.41, 5.74) is 0.650. The molecule has 1 fully saturated rings. The molecule has 0 aliphatic heterocycles. The number of hydrogen-bond acceptors (Lipinski definition) is 2. The van der Waals surface area contributed by atoms with E-state index in [4.69, 9.17) is 0 Å².